The van der Waals surface area contributed by atoms with Crippen molar-refractivity contribution in [3.05, 3.63) is 35.0 Å². The fraction of sp³-hybridized carbons (Fsp3) is 0.300. The summed E-state index contributed by atoms with van der Waals surface area (Å²) >= 11 is 3.37. The van der Waals surface area contributed by atoms with Gasteiger partial charge in [-0.2, -0.15) is 0 Å². The summed E-state index contributed by atoms with van der Waals surface area (Å²) in [5.41, 5.74) is 0. The van der Waals surface area contributed by atoms with Crippen LogP contribution in [0.5, 0.6) is 0 Å². The van der Waals surface area contributed by atoms with Crippen molar-refractivity contribution in [3.8, 4) is 0 Å². The Hall–Kier alpha value is -1.14. The predicted molar refractivity (Wildman–Crippen MR) is 66.8 cm³/mol. The normalized spacial score (nSPS) is 10.5. The number of hydrogen-bond acceptors (Lipinski definition) is 5. The number of nitrogens with zero attached hydrogens (tertiary/aromatic N) is 4. The molecule has 0 aliphatic carbocycles. The fourth-order valence-corrected chi connectivity index (χ4v) is 2.58. The summed E-state index contributed by atoms with van der Waals surface area (Å²) in [5, 5.41) is 14.6. The lowest BCUT2D eigenvalue weighted by molar-refractivity contribution is 0.551. The zero-order valence-corrected chi connectivity index (χ0v) is 10.4. The Kier molecular flexibility index (Phi) is 4.12. The van der Waals surface area contributed by atoms with Crippen LogP contribution in [0.2, 0.25) is 0 Å². The first kappa shape index (κ1) is 11.3. The summed E-state index contributed by atoms with van der Waals surface area (Å²) in [6.07, 6.45) is 2.83. The summed E-state index contributed by atoms with van der Waals surface area (Å²) in [7, 11) is 0. The first-order valence-electron chi connectivity index (χ1n) is 4.92. The molecule has 0 radical (unpaired) electrons. The summed E-state index contributed by atoms with van der Waals surface area (Å²) in [5.74, 6) is 0.833. The molecule has 0 aliphatic heterocycles. The molecular formula is C10H12N4S2. The van der Waals surface area contributed by atoms with Gasteiger partial charge in [0.15, 0.2) is 0 Å². The lowest BCUT2D eigenvalue weighted by Gasteiger charge is -2.01. The standard InChI is InChI=1S/C10H12N4S2/c1-2-7-16-10-11-12-13-14(10)6-5-9-4-3-8-15-9/h2-4,8H,1,5-7H2. The SMILES string of the molecule is C=CCSc1nnnn1CCc1cccs1. The molecular weight excluding hydrogens is 240 g/mol. The molecule has 0 fully saturated rings. The van der Waals surface area contributed by atoms with Gasteiger partial charge in [0, 0.05) is 17.1 Å². The third kappa shape index (κ3) is 2.93. The molecule has 0 saturated carbocycles. The van der Waals surface area contributed by atoms with E-state index < -0.39 is 0 Å². The summed E-state index contributed by atoms with van der Waals surface area (Å²) in [6, 6.07) is 4.19. The number of thioether (sulfide) groups is 1. The largest absolute Gasteiger partial charge is 0.220 e. The molecule has 2 heterocycles. The molecule has 0 atom stereocenters. The second kappa shape index (κ2) is 5.81. The summed E-state index contributed by atoms with van der Waals surface area (Å²) in [4.78, 5) is 1.36. The van der Waals surface area contributed by atoms with E-state index in [9.17, 15) is 0 Å². The van der Waals surface area contributed by atoms with Crippen molar-refractivity contribution in [1.82, 2.24) is 20.2 Å². The van der Waals surface area contributed by atoms with E-state index in [1.807, 2.05) is 10.8 Å². The van der Waals surface area contributed by atoms with E-state index in [1.54, 1.807) is 23.1 Å². The highest BCUT2D eigenvalue weighted by Gasteiger charge is 2.05. The minimum Gasteiger partial charge on any atom is -0.220 e. The van der Waals surface area contributed by atoms with Gasteiger partial charge in [-0.25, -0.2) is 4.68 Å². The number of aryl methyl sites for hydroxylation is 2. The second-order valence-electron chi connectivity index (χ2n) is 3.11. The van der Waals surface area contributed by atoms with Crippen LogP contribution in [0.15, 0.2) is 35.3 Å². The summed E-state index contributed by atoms with van der Waals surface area (Å²) < 4.78 is 1.84. The van der Waals surface area contributed by atoms with Gasteiger partial charge in [0.25, 0.3) is 0 Å². The minimum absolute atomic E-state index is 0.826. The van der Waals surface area contributed by atoms with E-state index in [0.717, 1.165) is 23.9 Å². The van der Waals surface area contributed by atoms with Gasteiger partial charge in [-0.3, -0.25) is 0 Å². The van der Waals surface area contributed by atoms with Gasteiger partial charge in [0.05, 0.1) is 6.54 Å². The molecule has 0 N–H and O–H groups in total. The number of rotatable bonds is 6. The number of aromatic nitrogens is 4. The fourth-order valence-electron chi connectivity index (χ4n) is 1.24. The molecule has 0 aromatic carbocycles. The average molecular weight is 252 g/mol. The van der Waals surface area contributed by atoms with E-state index in [1.165, 1.54) is 4.88 Å². The first-order valence-corrected chi connectivity index (χ1v) is 6.79. The molecule has 2 aromatic rings. The van der Waals surface area contributed by atoms with Gasteiger partial charge < -0.3 is 0 Å². The Morgan fingerprint density at radius 1 is 1.56 bits per heavy atom. The zero-order chi connectivity index (χ0) is 11.2. The van der Waals surface area contributed by atoms with Crippen molar-refractivity contribution in [2.75, 3.05) is 5.75 Å². The van der Waals surface area contributed by atoms with Crippen LogP contribution in [0.4, 0.5) is 0 Å². The van der Waals surface area contributed by atoms with E-state index in [4.69, 9.17) is 0 Å². The molecule has 2 rings (SSSR count). The molecule has 0 bridgehead atoms. The highest BCUT2D eigenvalue weighted by Crippen LogP contribution is 2.15. The highest BCUT2D eigenvalue weighted by atomic mass is 32.2. The van der Waals surface area contributed by atoms with Crippen LogP contribution in [0, 0.1) is 0 Å². The van der Waals surface area contributed by atoms with Gasteiger partial charge in [0.1, 0.15) is 0 Å². The van der Waals surface area contributed by atoms with Crippen molar-refractivity contribution in [2.24, 2.45) is 0 Å². The quantitative estimate of drug-likeness (QED) is 0.584. The Bertz CT molecular complexity index is 435. The molecule has 2 aromatic heterocycles. The van der Waals surface area contributed by atoms with E-state index >= 15 is 0 Å². The van der Waals surface area contributed by atoms with Crippen LogP contribution in [0.3, 0.4) is 0 Å². The minimum atomic E-state index is 0.826. The highest BCUT2D eigenvalue weighted by molar-refractivity contribution is 7.99. The van der Waals surface area contributed by atoms with Crippen LogP contribution >= 0.6 is 23.1 Å². The topological polar surface area (TPSA) is 43.6 Å². The van der Waals surface area contributed by atoms with Crippen molar-refractivity contribution in [1.29, 1.82) is 0 Å². The lowest BCUT2D eigenvalue weighted by Crippen LogP contribution is -2.04. The maximum Gasteiger partial charge on any atom is 0.209 e. The number of hydrogen-bond donors (Lipinski definition) is 0. The van der Waals surface area contributed by atoms with Crippen LogP contribution in [-0.4, -0.2) is 26.0 Å². The Morgan fingerprint density at radius 3 is 3.25 bits per heavy atom. The van der Waals surface area contributed by atoms with Gasteiger partial charge in [0.2, 0.25) is 5.16 Å². The predicted octanol–water partition coefficient (Wildman–Crippen LogP) is 2.26. The first-order chi connectivity index (χ1) is 7.90. The number of tetrazole rings is 1. The lowest BCUT2D eigenvalue weighted by atomic mass is 10.3. The zero-order valence-electron chi connectivity index (χ0n) is 8.74. The maximum atomic E-state index is 3.97. The van der Waals surface area contributed by atoms with Gasteiger partial charge in [-0.15, -0.1) is 23.0 Å². The molecule has 16 heavy (non-hydrogen) atoms. The Labute approximate surface area is 102 Å². The van der Waals surface area contributed by atoms with Gasteiger partial charge >= 0.3 is 0 Å². The van der Waals surface area contributed by atoms with Crippen LogP contribution in [0.25, 0.3) is 0 Å². The smallest absolute Gasteiger partial charge is 0.209 e. The van der Waals surface area contributed by atoms with Crippen LogP contribution in [-0.2, 0) is 13.0 Å². The molecule has 4 nitrogen and oxygen atoms in total. The average Bonchev–Trinajstić information content (AvgIpc) is 2.94. The number of thiophene rings is 1. The molecule has 0 amide bonds. The van der Waals surface area contributed by atoms with Gasteiger partial charge in [-0.05, 0) is 21.9 Å². The third-order valence-electron chi connectivity index (χ3n) is 1.98. The molecule has 0 saturated heterocycles. The van der Waals surface area contributed by atoms with Crippen LogP contribution in [0.1, 0.15) is 4.88 Å². The van der Waals surface area contributed by atoms with E-state index in [2.05, 4.69) is 39.6 Å². The van der Waals surface area contributed by atoms with Crippen molar-refractivity contribution in [3.63, 3.8) is 0 Å². The molecule has 6 heteroatoms. The maximum absolute atomic E-state index is 3.97. The van der Waals surface area contributed by atoms with E-state index in [0.29, 0.717) is 0 Å². The van der Waals surface area contributed by atoms with Gasteiger partial charge in [-0.1, -0.05) is 23.9 Å². The molecule has 0 spiro atoms. The monoisotopic (exact) mass is 252 g/mol. The van der Waals surface area contributed by atoms with Crippen molar-refractivity contribution < 1.29 is 0 Å². The molecule has 84 valence electrons. The Balaban J connectivity index is 1.93. The van der Waals surface area contributed by atoms with Crippen LogP contribution < -0.4 is 0 Å². The van der Waals surface area contributed by atoms with Crippen molar-refractivity contribution >= 4 is 23.1 Å². The van der Waals surface area contributed by atoms with E-state index in [-0.39, 0.29) is 0 Å². The third-order valence-corrected chi connectivity index (χ3v) is 3.87. The Morgan fingerprint density at radius 2 is 2.50 bits per heavy atom. The second-order valence-corrected chi connectivity index (χ2v) is 5.13. The molecule has 0 aliphatic rings. The van der Waals surface area contributed by atoms with Crippen molar-refractivity contribution in [2.45, 2.75) is 18.1 Å². The summed E-state index contributed by atoms with van der Waals surface area (Å²) in [6.45, 7) is 4.51. The molecule has 0 unspecified atom stereocenters.